The number of urea groups is 2. The summed E-state index contributed by atoms with van der Waals surface area (Å²) in [6.45, 7) is 5.96. The highest BCUT2D eigenvalue weighted by atomic mass is 32.1. The summed E-state index contributed by atoms with van der Waals surface area (Å²) in [5.41, 5.74) is 2.69. The monoisotopic (exact) mass is 904 g/mol. The highest BCUT2D eigenvalue weighted by Gasteiger charge is 2.30. The zero-order valence-electron chi connectivity index (χ0n) is 34.6. The van der Waals surface area contributed by atoms with Gasteiger partial charge >= 0.3 is 12.1 Å². The molecule has 8 rings (SSSR count). The van der Waals surface area contributed by atoms with Gasteiger partial charge in [0.15, 0.2) is 11.6 Å². The highest BCUT2D eigenvalue weighted by Crippen LogP contribution is 2.30. The third kappa shape index (κ3) is 11.7. The molecule has 1 unspecified atom stereocenters. The molecule has 4 heterocycles. The van der Waals surface area contributed by atoms with E-state index < -0.39 is 11.6 Å². The molecule has 14 nitrogen and oxygen atoms in total. The molecule has 330 valence electrons. The number of carbonyl (C=O) groups is 2. The Kier molecular flexibility index (Phi) is 14.5. The largest absolute Gasteiger partial charge is 0.497 e. The van der Waals surface area contributed by atoms with Crippen molar-refractivity contribution in [2.24, 2.45) is 0 Å². The smallest absolute Gasteiger partial charge is 0.322 e. The number of piperazine rings is 2. The summed E-state index contributed by atoms with van der Waals surface area (Å²) >= 11 is 2.63. The van der Waals surface area contributed by atoms with Crippen molar-refractivity contribution in [3.63, 3.8) is 0 Å². The Morgan fingerprint density at radius 1 is 0.667 bits per heavy atom. The molecule has 0 saturated carbocycles. The second-order valence-corrected chi connectivity index (χ2v) is 16.1. The van der Waals surface area contributed by atoms with Crippen molar-refractivity contribution in [2.75, 3.05) is 80.5 Å². The Bertz CT molecular complexity index is 2490. The van der Waals surface area contributed by atoms with Gasteiger partial charge in [-0.15, -0.1) is 0 Å². The predicted molar refractivity (Wildman–Crippen MR) is 234 cm³/mol. The molecule has 2 aliphatic rings. The van der Waals surface area contributed by atoms with Crippen molar-refractivity contribution in [2.45, 2.75) is 25.8 Å². The van der Waals surface area contributed by atoms with E-state index in [-0.39, 0.29) is 35.4 Å². The van der Waals surface area contributed by atoms with Crippen molar-refractivity contribution in [3.05, 3.63) is 131 Å². The standard InChI is InChI=1S/C22H24FN5O3S.C21H20F3N5OS/c1-30-17-7-8-18(19(14-17)31-2)24-21(29)27-9-11-28(12-10-27)22-25-20(26-32-22)13-15-3-5-16(23)6-4-15;1-13-12-28(21-26-19(27-31-21)10-14-2-4-15(22)5-3-14)8-9-29(13)20(30)25-16-6-7-17(23)18(24)11-16/h3-8,14H,9-13H2,1-2H3,(H,24,29);2-7,11,13H,8-10,12H2,1H3,(H,25,30). The number of hydrogen-bond acceptors (Lipinski definition) is 12. The summed E-state index contributed by atoms with van der Waals surface area (Å²) in [5.74, 6) is 0.0627. The fourth-order valence-corrected chi connectivity index (χ4v) is 8.32. The Hall–Kier alpha value is -6.54. The van der Waals surface area contributed by atoms with Crippen LogP contribution in [0.3, 0.4) is 0 Å². The van der Waals surface area contributed by atoms with Gasteiger partial charge in [0, 0.05) is 106 Å². The Balaban J connectivity index is 0.000000189. The first kappa shape index (κ1) is 44.5. The first-order valence-electron chi connectivity index (χ1n) is 19.9. The molecule has 1 atom stereocenters. The van der Waals surface area contributed by atoms with Gasteiger partial charge < -0.3 is 39.7 Å². The lowest BCUT2D eigenvalue weighted by atomic mass is 10.1. The number of aromatic nitrogens is 4. The number of nitrogens with one attached hydrogen (secondary N) is 2. The summed E-state index contributed by atoms with van der Waals surface area (Å²) in [6.07, 6.45) is 1.08. The van der Waals surface area contributed by atoms with E-state index in [2.05, 4.69) is 39.1 Å². The van der Waals surface area contributed by atoms with E-state index >= 15 is 0 Å². The number of carbonyl (C=O) groups excluding carboxylic acids is 2. The van der Waals surface area contributed by atoms with Crippen molar-refractivity contribution in [1.29, 1.82) is 0 Å². The second kappa shape index (κ2) is 20.6. The van der Waals surface area contributed by atoms with E-state index in [1.165, 1.54) is 53.4 Å². The topological polar surface area (TPSA) is 141 Å². The zero-order valence-corrected chi connectivity index (χ0v) is 36.2. The molecule has 0 aliphatic carbocycles. The number of anilines is 4. The van der Waals surface area contributed by atoms with Crippen LogP contribution in [0, 0.1) is 23.3 Å². The first-order chi connectivity index (χ1) is 30.4. The fourth-order valence-electron chi connectivity index (χ4n) is 6.86. The molecular formula is C43H44F4N10O4S2. The minimum Gasteiger partial charge on any atom is -0.497 e. The average Bonchev–Trinajstić information content (AvgIpc) is 3.97. The van der Waals surface area contributed by atoms with Crippen LogP contribution in [0.4, 0.5) is 48.8 Å². The van der Waals surface area contributed by atoms with E-state index in [1.54, 1.807) is 66.5 Å². The second-order valence-electron chi connectivity index (χ2n) is 14.6. The molecule has 0 spiro atoms. The van der Waals surface area contributed by atoms with Gasteiger partial charge in [0.1, 0.15) is 34.8 Å². The molecule has 2 saturated heterocycles. The van der Waals surface area contributed by atoms with Crippen molar-refractivity contribution >= 4 is 56.8 Å². The molecule has 20 heteroatoms. The molecule has 6 aromatic rings. The number of ether oxygens (including phenoxy) is 2. The molecule has 0 radical (unpaired) electrons. The van der Waals surface area contributed by atoms with Crippen LogP contribution in [0.2, 0.25) is 0 Å². The molecule has 2 aliphatic heterocycles. The summed E-state index contributed by atoms with van der Waals surface area (Å²) in [6, 6.07) is 20.5. The number of halogens is 4. The SMILES string of the molecule is CC1CN(c2nc(Cc3ccc(F)cc3)ns2)CCN1C(=O)Nc1ccc(F)c(F)c1.COc1ccc(NC(=O)N2CCN(c3nc(Cc4ccc(F)cc4)ns3)CC2)c(OC)c1. The van der Waals surface area contributed by atoms with E-state index in [4.69, 9.17) is 9.47 Å². The summed E-state index contributed by atoms with van der Waals surface area (Å²) in [4.78, 5) is 42.1. The maximum Gasteiger partial charge on any atom is 0.322 e. The number of nitrogens with zero attached hydrogens (tertiary/aromatic N) is 8. The summed E-state index contributed by atoms with van der Waals surface area (Å²) < 4.78 is 71.9. The third-order valence-corrected chi connectivity index (χ3v) is 11.9. The molecular weight excluding hydrogens is 861 g/mol. The predicted octanol–water partition coefficient (Wildman–Crippen LogP) is 7.93. The van der Waals surface area contributed by atoms with Gasteiger partial charge in [-0.05, 0) is 66.6 Å². The van der Waals surface area contributed by atoms with E-state index in [1.807, 2.05) is 6.92 Å². The van der Waals surface area contributed by atoms with Gasteiger partial charge in [-0.25, -0.2) is 37.1 Å². The van der Waals surface area contributed by atoms with Gasteiger partial charge in [0.2, 0.25) is 10.3 Å². The van der Waals surface area contributed by atoms with Crippen LogP contribution in [-0.2, 0) is 12.8 Å². The third-order valence-electron chi connectivity index (χ3n) is 10.3. The minimum atomic E-state index is -1.01. The van der Waals surface area contributed by atoms with Crippen LogP contribution < -0.4 is 29.9 Å². The molecule has 0 bridgehead atoms. The van der Waals surface area contributed by atoms with Gasteiger partial charge in [-0.2, -0.15) is 8.75 Å². The van der Waals surface area contributed by atoms with Crippen LogP contribution in [0.15, 0.2) is 84.9 Å². The Labute approximate surface area is 369 Å². The maximum atomic E-state index is 13.4. The normalized spacial score (nSPS) is 15.1. The highest BCUT2D eigenvalue weighted by molar-refractivity contribution is 7.10. The van der Waals surface area contributed by atoms with Crippen LogP contribution >= 0.6 is 23.1 Å². The zero-order chi connectivity index (χ0) is 44.5. The van der Waals surface area contributed by atoms with Gasteiger partial charge in [-0.3, -0.25) is 0 Å². The number of benzene rings is 4. The van der Waals surface area contributed by atoms with Crippen LogP contribution in [0.1, 0.15) is 29.7 Å². The van der Waals surface area contributed by atoms with Crippen LogP contribution in [0.25, 0.3) is 0 Å². The van der Waals surface area contributed by atoms with Crippen LogP contribution in [0.5, 0.6) is 11.5 Å². The lowest BCUT2D eigenvalue weighted by Gasteiger charge is -2.39. The van der Waals surface area contributed by atoms with Gasteiger partial charge in [0.25, 0.3) is 0 Å². The number of rotatable bonds is 10. The molecule has 63 heavy (non-hydrogen) atoms. The van der Waals surface area contributed by atoms with E-state index in [0.717, 1.165) is 33.5 Å². The molecule has 2 aromatic heterocycles. The Morgan fingerprint density at radius 3 is 1.81 bits per heavy atom. The quantitative estimate of drug-likeness (QED) is 0.130. The number of methoxy groups -OCH3 is 2. The van der Waals surface area contributed by atoms with Crippen molar-refractivity contribution in [1.82, 2.24) is 28.5 Å². The Morgan fingerprint density at radius 2 is 1.25 bits per heavy atom. The van der Waals surface area contributed by atoms with Crippen molar-refractivity contribution < 1.29 is 36.6 Å². The fraction of sp³-hybridized carbons (Fsp3) is 0.302. The summed E-state index contributed by atoms with van der Waals surface area (Å²) in [7, 11) is 3.13. The number of amides is 4. The van der Waals surface area contributed by atoms with Crippen molar-refractivity contribution in [3.8, 4) is 11.5 Å². The molecule has 2 fully saturated rings. The lowest BCUT2D eigenvalue weighted by molar-refractivity contribution is 0.185. The van der Waals surface area contributed by atoms with Gasteiger partial charge in [-0.1, -0.05) is 24.3 Å². The molecule has 4 amide bonds. The number of hydrogen-bond donors (Lipinski definition) is 2. The van der Waals surface area contributed by atoms with Crippen LogP contribution in [-0.4, -0.2) is 107 Å². The van der Waals surface area contributed by atoms with E-state index in [9.17, 15) is 27.2 Å². The van der Waals surface area contributed by atoms with E-state index in [0.29, 0.717) is 87.5 Å². The molecule has 4 aromatic carbocycles. The minimum absolute atomic E-state index is 0.122. The average molecular weight is 905 g/mol. The maximum absolute atomic E-state index is 13.4. The lowest BCUT2D eigenvalue weighted by Crippen LogP contribution is -2.55. The summed E-state index contributed by atoms with van der Waals surface area (Å²) in [5, 5.41) is 7.12. The first-order valence-corrected chi connectivity index (χ1v) is 21.4. The van der Waals surface area contributed by atoms with Gasteiger partial charge in [0.05, 0.1) is 19.9 Å². The molecule has 2 N–H and O–H groups in total.